The highest BCUT2D eigenvalue weighted by molar-refractivity contribution is 9.13. The Morgan fingerprint density at radius 3 is 2.19 bits per heavy atom. The average molecular weight is 342 g/mol. The quantitative estimate of drug-likeness (QED) is 0.565. The molecule has 0 fully saturated rings. The van der Waals surface area contributed by atoms with E-state index in [2.05, 4.69) is 31.9 Å². The monoisotopic (exact) mass is 340 g/mol. The molecule has 0 radical (unpaired) electrons. The van der Waals surface area contributed by atoms with E-state index in [9.17, 15) is 0 Å². The molecule has 2 aromatic rings. The van der Waals surface area contributed by atoms with Crippen molar-refractivity contribution in [2.75, 3.05) is 0 Å². The Labute approximate surface area is 109 Å². The SMILES string of the molecule is Brc1ccc2c(c1Br)Oc1ccccc1O2. The van der Waals surface area contributed by atoms with Gasteiger partial charge >= 0.3 is 0 Å². The lowest BCUT2D eigenvalue weighted by Gasteiger charge is -2.21. The van der Waals surface area contributed by atoms with Gasteiger partial charge in [0, 0.05) is 4.47 Å². The van der Waals surface area contributed by atoms with Crippen LogP contribution in [0.15, 0.2) is 45.3 Å². The first-order valence-corrected chi connectivity index (χ1v) is 6.27. The zero-order valence-corrected chi connectivity index (χ0v) is 11.2. The largest absolute Gasteiger partial charge is 0.449 e. The number of ether oxygens (including phenoxy) is 2. The van der Waals surface area contributed by atoms with Gasteiger partial charge in [-0.25, -0.2) is 0 Å². The van der Waals surface area contributed by atoms with Crippen LogP contribution in [0, 0.1) is 0 Å². The Bertz CT molecular complexity index is 567. The molecule has 0 bridgehead atoms. The summed E-state index contributed by atoms with van der Waals surface area (Å²) in [6, 6.07) is 11.4. The second-order valence-corrected chi connectivity index (χ2v) is 4.99. The van der Waals surface area contributed by atoms with E-state index in [1.165, 1.54) is 0 Å². The van der Waals surface area contributed by atoms with Crippen LogP contribution in [0.25, 0.3) is 0 Å². The van der Waals surface area contributed by atoms with E-state index in [-0.39, 0.29) is 0 Å². The predicted molar refractivity (Wildman–Crippen MR) is 68.4 cm³/mol. The minimum absolute atomic E-state index is 0.702. The van der Waals surface area contributed by atoms with Crippen LogP contribution in [0.5, 0.6) is 23.0 Å². The molecule has 0 spiro atoms. The molecule has 1 aliphatic heterocycles. The van der Waals surface area contributed by atoms with Crippen molar-refractivity contribution in [1.29, 1.82) is 0 Å². The molecule has 2 nitrogen and oxygen atoms in total. The van der Waals surface area contributed by atoms with Crippen LogP contribution in [0.2, 0.25) is 0 Å². The van der Waals surface area contributed by atoms with Gasteiger partial charge in [0.1, 0.15) is 0 Å². The van der Waals surface area contributed by atoms with Gasteiger partial charge in [-0.05, 0) is 56.1 Å². The minimum atomic E-state index is 0.702. The molecule has 0 saturated heterocycles. The summed E-state index contributed by atoms with van der Waals surface area (Å²) in [4.78, 5) is 0. The van der Waals surface area contributed by atoms with Crippen molar-refractivity contribution in [3.63, 3.8) is 0 Å². The first kappa shape index (κ1) is 10.2. The molecule has 2 aromatic carbocycles. The second-order valence-electron chi connectivity index (χ2n) is 3.34. The van der Waals surface area contributed by atoms with Crippen LogP contribution in [0.1, 0.15) is 0 Å². The smallest absolute Gasteiger partial charge is 0.185 e. The zero-order chi connectivity index (χ0) is 11.1. The molecule has 0 saturated carbocycles. The van der Waals surface area contributed by atoms with E-state index >= 15 is 0 Å². The van der Waals surface area contributed by atoms with Crippen molar-refractivity contribution in [2.24, 2.45) is 0 Å². The fraction of sp³-hybridized carbons (Fsp3) is 0. The lowest BCUT2D eigenvalue weighted by Crippen LogP contribution is -1.99. The maximum absolute atomic E-state index is 5.79. The number of halogens is 2. The molecule has 16 heavy (non-hydrogen) atoms. The van der Waals surface area contributed by atoms with Crippen LogP contribution in [0.4, 0.5) is 0 Å². The molecule has 0 amide bonds. The Morgan fingerprint density at radius 2 is 1.44 bits per heavy atom. The molecule has 1 aliphatic rings. The van der Waals surface area contributed by atoms with Crippen LogP contribution >= 0.6 is 31.9 Å². The first-order valence-electron chi connectivity index (χ1n) is 4.68. The standard InChI is InChI=1S/C12H6Br2O2/c13-7-5-6-10-12(11(7)14)16-9-4-2-1-3-8(9)15-10/h1-6H. The predicted octanol–water partition coefficient (Wildman–Crippen LogP) is 5.11. The van der Waals surface area contributed by atoms with Crippen molar-refractivity contribution in [3.8, 4) is 23.0 Å². The van der Waals surface area contributed by atoms with Crippen molar-refractivity contribution in [1.82, 2.24) is 0 Å². The number of hydrogen-bond acceptors (Lipinski definition) is 2. The van der Waals surface area contributed by atoms with Crippen LogP contribution in [-0.4, -0.2) is 0 Å². The number of rotatable bonds is 0. The van der Waals surface area contributed by atoms with Crippen molar-refractivity contribution >= 4 is 31.9 Å². The summed E-state index contributed by atoms with van der Waals surface area (Å²) in [6.45, 7) is 0. The normalized spacial score (nSPS) is 12.1. The first-order chi connectivity index (χ1) is 7.75. The van der Waals surface area contributed by atoms with Crippen molar-refractivity contribution in [3.05, 3.63) is 45.3 Å². The van der Waals surface area contributed by atoms with Gasteiger partial charge in [0.25, 0.3) is 0 Å². The van der Waals surface area contributed by atoms with E-state index < -0.39 is 0 Å². The summed E-state index contributed by atoms with van der Waals surface area (Å²) in [5.74, 6) is 2.89. The number of hydrogen-bond donors (Lipinski definition) is 0. The third-order valence-electron chi connectivity index (χ3n) is 2.29. The fourth-order valence-corrected chi connectivity index (χ4v) is 2.26. The number of para-hydroxylation sites is 2. The van der Waals surface area contributed by atoms with Crippen molar-refractivity contribution in [2.45, 2.75) is 0 Å². The topological polar surface area (TPSA) is 18.5 Å². The molecule has 0 unspecified atom stereocenters. The van der Waals surface area contributed by atoms with Crippen molar-refractivity contribution < 1.29 is 9.47 Å². The van der Waals surface area contributed by atoms with Crippen LogP contribution in [0.3, 0.4) is 0 Å². The minimum Gasteiger partial charge on any atom is -0.449 e. The summed E-state index contributed by atoms with van der Waals surface area (Å²) < 4.78 is 13.3. The summed E-state index contributed by atoms with van der Waals surface area (Å²) in [6.07, 6.45) is 0. The van der Waals surface area contributed by atoms with Crippen LogP contribution < -0.4 is 9.47 Å². The zero-order valence-electron chi connectivity index (χ0n) is 8.04. The van der Waals surface area contributed by atoms with Crippen LogP contribution in [-0.2, 0) is 0 Å². The Morgan fingerprint density at radius 1 is 0.750 bits per heavy atom. The summed E-state index contributed by atoms with van der Waals surface area (Å²) in [5, 5.41) is 0. The molecule has 0 aliphatic carbocycles. The lowest BCUT2D eigenvalue weighted by atomic mass is 10.2. The summed E-state index contributed by atoms with van der Waals surface area (Å²) >= 11 is 6.90. The van der Waals surface area contributed by atoms with Gasteiger partial charge in [-0.1, -0.05) is 12.1 Å². The van der Waals surface area contributed by atoms with Gasteiger partial charge in [-0.15, -0.1) is 0 Å². The highest BCUT2D eigenvalue weighted by Gasteiger charge is 2.21. The Kier molecular flexibility index (Phi) is 2.41. The van der Waals surface area contributed by atoms with Gasteiger partial charge in [0.2, 0.25) is 0 Å². The lowest BCUT2D eigenvalue weighted by molar-refractivity contribution is 0.357. The Hall–Kier alpha value is -1.00. The van der Waals surface area contributed by atoms with Gasteiger partial charge < -0.3 is 9.47 Å². The van der Waals surface area contributed by atoms with E-state index in [4.69, 9.17) is 9.47 Å². The highest BCUT2D eigenvalue weighted by Crippen LogP contribution is 2.50. The molecular weight excluding hydrogens is 336 g/mol. The van der Waals surface area contributed by atoms with E-state index in [1.807, 2.05) is 36.4 Å². The molecule has 0 N–H and O–H groups in total. The second kappa shape index (κ2) is 3.79. The maximum Gasteiger partial charge on any atom is 0.185 e. The van der Waals surface area contributed by atoms with E-state index in [0.717, 1.165) is 20.4 Å². The molecular formula is C12H6Br2O2. The van der Waals surface area contributed by atoms with E-state index in [1.54, 1.807) is 0 Å². The number of fused-ring (bicyclic) bond motifs is 2. The fourth-order valence-electron chi connectivity index (χ4n) is 1.54. The van der Waals surface area contributed by atoms with E-state index in [0.29, 0.717) is 11.5 Å². The molecule has 80 valence electrons. The van der Waals surface area contributed by atoms with Gasteiger partial charge in [0.15, 0.2) is 23.0 Å². The molecule has 4 heteroatoms. The average Bonchev–Trinajstić information content (AvgIpc) is 2.32. The molecule has 3 rings (SSSR count). The van der Waals surface area contributed by atoms with Gasteiger partial charge in [0.05, 0.1) is 4.47 Å². The van der Waals surface area contributed by atoms with Gasteiger partial charge in [-0.3, -0.25) is 0 Å². The van der Waals surface area contributed by atoms with Gasteiger partial charge in [-0.2, -0.15) is 0 Å². The third-order valence-corrected chi connectivity index (χ3v) is 4.28. The highest BCUT2D eigenvalue weighted by atomic mass is 79.9. The molecule has 1 heterocycles. The molecule has 0 atom stereocenters. The summed E-state index contributed by atoms with van der Waals surface area (Å²) in [5.41, 5.74) is 0. The Balaban J connectivity index is 2.16. The summed E-state index contributed by atoms with van der Waals surface area (Å²) in [7, 11) is 0. The molecule has 0 aromatic heterocycles. The third kappa shape index (κ3) is 1.53. The number of benzene rings is 2. The maximum atomic E-state index is 5.79.